The molecule has 3 aromatic rings. The molecule has 8 heteroatoms. The van der Waals surface area contributed by atoms with E-state index < -0.39 is 21.3 Å². The van der Waals surface area contributed by atoms with Crippen molar-refractivity contribution in [2.45, 2.75) is 13.2 Å². The number of hydrogen-bond acceptors (Lipinski definition) is 6. The molecular formula is C22H17ClIN5O. The Balaban J connectivity index is 1.51. The fourth-order valence-electron chi connectivity index (χ4n) is 2.88. The molecule has 0 fully saturated rings. The third-order valence-electron chi connectivity index (χ3n) is 4.39. The van der Waals surface area contributed by atoms with E-state index in [2.05, 4.69) is 19.4 Å². The van der Waals surface area contributed by atoms with Gasteiger partial charge in [-0.3, -0.25) is 5.01 Å². The summed E-state index contributed by atoms with van der Waals surface area (Å²) in [4.78, 5) is 0. The lowest BCUT2D eigenvalue weighted by Crippen LogP contribution is -2.34. The van der Waals surface area contributed by atoms with Gasteiger partial charge < -0.3 is 4.74 Å². The van der Waals surface area contributed by atoms with E-state index in [1.54, 1.807) is 18.5 Å². The van der Waals surface area contributed by atoms with Crippen molar-refractivity contribution in [1.29, 1.82) is 5.26 Å². The lowest BCUT2D eigenvalue weighted by molar-refractivity contribution is 0.306. The van der Waals surface area contributed by atoms with Crippen molar-refractivity contribution in [3.63, 3.8) is 0 Å². The third-order valence-corrected chi connectivity index (χ3v) is 6.34. The first-order chi connectivity index (χ1) is 14.7. The third kappa shape index (κ3) is 4.96. The van der Waals surface area contributed by atoms with Crippen molar-refractivity contribution in [2.75, 3.05) is 5.01 Å². The van der Waals surface area contributed by atoms with E-state index in [4.69, 9.17) is 21.6 Å². The number of rotatable bonds is 7. The molecule has 0 radical (unpaired) electrons. The van der Waals surface area contributed by atoms with E-state index in [1.165, 1.54) is 0 Å². The monoisotopic (exact) mass is 529 g/mol. The van der Waals surface area contributed by atoms with Crippen LogP contribution in [0.2, 0.25) is 5.02 Å². The van der Waals surface area contributed by atoms with Crippen molar-refractivity contribution in [1.82, 2.24) is 3.22 Å². The molecule has 0 saturated heterocycles. The normalized spacial score (nSPS) is 12.3. The van der Waals surface area contributed by atoms with E-state index in [0.29, 0.717) is 29.5 Å². The Morgan fingerprint density at radius 3 is 2.50 bits per heavy atom. The van der Waals surface area contributed by atoms with Gasteiger partial charge in [-0.05, 0) is 47.5 Å². The summed E-state index contributed by atoms with van der Waals surface area (Å²) >= 11 is 5.89. The molecule has 0 spiro atoms. The maximum atomic E-state index is 9.06. The highest BCUT2D eigenvalue weighted by atomic mass is 127. The van der Waals surface area contributed by atoms with Gasteiger partial charge in [0.15, 0.2) is 21.3 Å². The van der Waals surface area contributed by atoms with Crippen LogP contribution in [0, 0.1) is 11.3 Å². The van der Waals surface area contributed by atoms with E-state index in [1.807, 2.05) is 63.9 Å². The SMILES string of the molecule is N#Cc1ccc(N(Cc2ccc(OCc3ccccc3)c(Cl)c2)N2C=NN=I2)cc1. The highest BCUT2D eigenvalue weighted by Gasteiger charge is 2.17. The summed E-state index contributed by atoms with van der Waals surface area (Å²) in [6.07, 6.45) is 1.73. The minimum atomic E-state index is -0.607. The second-order valence-corrected chi connectivity index (χ2v) is 8.68. The standard InChI is InChI=1S/C22H17ClIN5O/c23-21-12-19(8-11-22(21)30-15-18-4-2-1-3-5-18)14-28(29-16-26-27-24-29)20-9-6-17(13-25)7-10-20/h1-12,16H,14-15H2. The van der Waals surface area contributed by atoms with Gasteiger partial charge in [0.2, 0.25) is 0 Å². The number of hydrogen-bond donors (Lipinski definition) is 0. The average molecular weight is 530 g/mol. The molecule has 150 valence electrons. The summed E-state index contributed by atoms with van der Waals surface area (Å²) in [5.41, 5.74) is 3.69. The molecule has 0 bridgehead atoms. The van der Waals surface area contributed by atoms with Crippen LogP contribution in [-0.4, -0.2) is 9.56 Å². The first-order valence-electron chi connectivity index (χ1n) is 9.13. The Morgan fingerprint density at radius 1 is 1.03 bits per heavy atom. The number of ether oxygens (including phenoxy) is 1. The highest BCUT2D eigenvalue weighted by molar-refractivity contribution is 14.1. The average Bonchev–Trinajstić information content (AvgIpc) is 3.32. The van der Waals surface area contributed by atoms with Crippen LogP contribution in [0.4, 0.5) is 5.69 Å². The maximum Gasteiger partial charge on any atom is 0.168 e. The molecule has 1 aliphatic rings. The van der Waals surface area contributed by atoms with Crippen LogP contribution in [0.15, 0.2) is 81.2 Å². The molecular weight excluding hydrogens is 513 g/mol. The van der Waals surface area contributed by atoms with Gasteiger partial charge in [-0.15, -0.1) is 8.36 Å². The number of nitriles is 1. The summed E-state index contributed by atoms with van der Waals surface area (Å²) in [6, 6.07) is 25.4. The zero-order valence-electron chi connectivity index (χ0n) is 15.8. The molecule has 0 atom stereocenters. The van der Waals surface area contributed by atoms with Crippen molar-refractivity contribution >= 4 is 44.9 Å². The fourth-order valence-corrected chi connectivity index (χ4v) is 4.42. The summed E-state index contributed by atoms with van der Waals surface area (Å²) in [6.45, 7) is 1.05. The van der Waals surface area contributed by atoms with Gasteiger partial charge in [0, 0.05) is 0 Å². The van der Waals surface area contributed by atoms with Gasteiger partial charge in [0.05, 0.1) is 28.9 Å². The van der Waals surface area contributed by atoms with E-state index >= 15 is 0 Å². The molecule has 0 aromatic heterocycles. The molecule has 1 heterocycles. The lowest BCUT2D eigenvalue weighted by atomic mass is 10.2. The fraction of sp³-hybridized carbons (Fsp3) is 0.0909. The predicted octanol–water partition coefficient (Wildman–Crippen LogP) is 6.04. The highest BCUT2D eigenvalue weighted by Crippen LogP contribution is 2.30. The van der Waals surface area contributed by atoms with Crippen LogP contribution in [0.5, 0.6) is 5.75 Å². The van der Waals surface area contributed by atoms with Gasteiger partial charge in [-0.1, -0.05) is 48.0 Å². The second kappa shape index (κ2) is 9.69. The minimum absolute atomic E-state index is 0.466. The van der Waals surface area contributed by atoms with Gasteiger partial charge >= 0.3 is 0 Å². The minimum Gasteiger partial charge on any atom is -0.487 e. The van der Waals surface area contributed by atoms with Crippen LogP contribution in [-0.2, 0) is 13.2 Å². The molecule has 4 rings (SSSR count). The summed E-state index contributed by atoms with van der Waals surface area (Å²) in [7, 11) is 0. The van der Waals surface area contributed by atoms with Crippen LogP contribution in [0.1, 0.15) is 16.7 Å². The Labute approximate surface area is 190 Å². The maximum absolute atomic E-state index is 9.06. The van der Waals surface area contributed by atoms with Gasteiger partial charge in [0.25, 0.3) is 0 Å². The van der Waals surface area contributed by atoms with E-state index in [0.717, 1.165) is 16.8 Å². The summed E-state index contributed by atoms with van der Waals surface area (Å²) < 4.78 is 12.0. The van der Waals surface area contributed by atoms with Crippen LogP contribution < -0.4 is 9.75 Å². The van der Waals surface area contributed by atoms with E-state index in [9.17, 15) is 0 Å². The molecule has 0 unspecified atom stereocenters. The predicted molar refractivity (Wildman–Crippen MR) is 126 cm³/mol. The van der Waals surface area contributed by atoms with Gasteiger partial charge in [-0.2, -0.15) is 8.48 Å². The van der Waals surface area contributed by atoms with Crippen LogP contribution >= 0.6 is 32.9 Å². The van der Waals surface area contributed by atoms with Crippen LogP contribution in [0.3, 0.4) is 0 Å². The Kier molecular flexibility index (Phi) is 6.57. The summed E-state index contributed by atoms with van der Waals surface area (Å²) in [5.74, 6) is 0.652. The second-order valence-electron chi connectivity index (χ2n) is 6.43. The Bertz CT molecular complexity index is 1100. The first-order valence-corrected chi connectivity index (χ1v) is 11.4. The van der Waals surface area contributed by atoms with E-state index in [-0.39, 0.29) is 0 Å². The van der Waals surface area contributed by atoms with Crippen molar-refractivity contribution in [3.8, 4) is 11.8 Å². The number of halogens is 2. The topological polar surface area (TPSA) is 64.2 Å². The number of nitrogens with zero attached hydrogens (tertiary/aromatic N) is 5. The Hall–Kier alpha value is -2.96. The molecule has 1 aliphatic heterocycles. The Morgan fingerprint density at radius 2 is 1.83 bits per heavy atom. The van der Waals surface area contributed by atoms with Gasteiger partial charge in [-0.25, -0.2) is 0 Å². The van der Waals surface area contributed by atoms with Crippen LogP contribution in [0.25, 0.3) is 0 Å². The molecule has 0 saturated carbocycles. The van der Waals surface area contributed by atoms with Crippen molar-refractivity contribution in [3.05, 3.63) is 94.5 Å². The summed E-state index contributed by atoms with van der Waals surface area (Å²) in [5, 5.41) is 15.7. The molecule has 30 heavy (non-hydrogen) atoms. The molecule has 6 nitrogen and oxygen atoms in total. The number of hydrazine groups is 1. The molecule has 0 N–H and O–H groups in total. The number of benzene rings is 3. The molecule has 0 amide bonds. The largest absolute Gasteiger partial charge is 0.487 e. The first kappa shape index (κ1) is 20.3. The zero-order valence-corrected chi connectivity index (χ0v) is 18.7. The lowest BCUT2D eigenvalue weighted by Gasteiger charge is -2.29. The van der Waals surface area contributed by atoms with Gasteiger partial charge in [0.1, 0.15) is 18.7 Å². The van der Waals surface area contributed by atoms with Crippen molar-refractivity contribution < 1.29 is 4.74 Å². The molecule has 0 aliphatic carbocycles. The number of anilines is 1. The quantitative estimate of drug-likeness (QED) is 0.276. The smallest absolute Gasteiger partial charge is 0.168 e. The molecule has 3 aromatic carbocycles. The van der Waals surface area contributed by atoms with Crippen molar-refractivity contribution in [2.24, 2.45) is 8.36 Å². The zero-order chi connectivity index (χ0) is 20.8.